The van der Waals surface area contributed by atoms with Crippen LogP contribution >= 0.6 is 11.6 Å². The summed E-state index contributed by atoms with van der Waals surface area (Å²) < 4.78 is 0. The quantitative estimate of drug-likeness (QED) is 0.847. The van der Waals surface area contributed by atoms with Crippen molar-refractivity contribution in [3.8, 4) is 0 Å². The summed E-state index contributed by atoms with van der Waals surface area (Å²) in [4.78, 5) is 12.6. The van der Waals surface area contributed by atoms with E-state index in [1.807, 2.05) is 61.5 Å². The molecular weight excluding hydrogens is 284 g/mol. The minimum absolute atomic E-state index is 0.0127. The van der Waals surface area contributed by atoms with Crippen LogP contribution in [0.5, 0.6) is 0 Å². The summed E-state index contributed by atoms with van der Waals surface area (Å²) in [5.74, 6) is -0.260. The van der Waals surface area contributed by atoms with Gasteiger partial charge in [0, 0.05) is 5.02 Å². The van der Waals surface area contributed by atoms with Crippen molar-refractivity contribution in [2.75, 3.05) is 0 Å². The normalized spacial score (nSPS) is 18.0. The van der Waals surface area contributed by atoms with Crippen molar-refractivity contribution in [2.24, 2.45) is 5.10 Å². The number of carbonyl (C=O) groups is 1. The van der Waals surface area contributed by atoms with E-state index in [4.69, 9.17) is 11.6 Å². The third kappa shape index (κ3) is 2.83. The van der Waals surface area contributed by atoms with Crippen molar-refractivity contribution in [3.63, 3.8) is 0 Å². The first kappa shape index (κ1) is 13.8. The lowest BCUT2D eigenvalue weighted by Crippen LogP contribution is -2.25. The maximum Gasteiger partial charge on any atom is 0.256 e. The van der Waals surface area contributed by atoms with E-state index in [1.165, 1.54) is 5.01 Å². The summed E-state index contributed by atoms with van der Waals surface area (Å²) in [7, 11) is 0. The first-order valence-electron chi connectivity index (χ1n) is 6.81. The minimum Gasteiger partial charge on any atom is -0.272 e. The lowest BCUT2D eigenvalue weighted by Gasteiger charge is -2.14. The zero-order chi connectivity index (χ0) is 14.8. The molecule has 106 valence electrons. The molecule has 0 aliphatic carbocycles. The second-order valence-corrected chi connectivity index (χ2v) is 5.55. The Labute approximate surface area is 128 Å². The second-order valence-electron chi connectivity index (χ2n) is 5.11. The molecule has 1 aliphatic rings. The van der Waals surface area contributed by atoms with Crippen LogP contribution in [0.25, 0.3) is 0 Å². The predicted octanol–water partition coefficient (Wildman–Crippen LogP) is 3.84. The largest absolute Gasteiger partial charge is 0.272 e. The third-order valence-electron chi connectivity index (χ3n) is 3.55. The molecule has 0 bridgehead atoms. The summed E-state index contributed by atoms with van der Waals surface area (Å²) in [6.07, 6.45) is 0. The van der Waals surface area contributed by atoms with Crippen molar-refractivity contribution < 1.29 is 4.79 Å². The van der Waals surface area contributed by atoms with Crippen molar-refractivity contribution >= 4 is 23.2 Å². The molecule has 3 nitrogen and oxygen atoms in total. The predicted molar refractivity (Wildman–Crippen MR) is 84.3 cm³/mol. The number of amides is 1. The van der Waals surface area contributed by atoms with Crippen LogP contribution in [0.15, 0.2) is 59.7 Å². The molecule has 1 heterocycles. The highest BCUT2D eigenvalue weighted by atomic mass is 35.5. The van der Waals surface area contributed by atoms with E-state index in [-0.39, 0.29) is 11.8 Å². The fraction of sp³-hybridized carbons (Fsp3) is 0.176. The van der Waals surface area contributed by atoms with Crippen LogP contribution < -0.4 is 0 Å². The molecular formula is C17H15ClN2O. The van der Waals surface area contributed by atoms with Gasteiger partial charge < -0.3 is 0 Å². The summed E-state index contributed by atoms with van der Waals surface area (Å²) in [5, 5.41) is 6.60. The van der Waals surface area contributed by atoms with E-state index in [2.05, 4.69) is 5.10 Å². The lowest BCUT2D eigenvalue weighted by molar-refractivity contribution is -0.130. The molecule has 0 spiro atoms. The van der Waals surface area contributed by atoms with Crippen LogP contribution in [0.3, 0.4) is 0 Å². The maximum absolute atomic E-state index is 12.6. The van der Waals surface area contributed by atoms with Crippen LogP contribution in [-0.2, 0) is 11.3 Å². The number of rotatable bonds is 3. The van der Waals surface area contributed by atoms with Crippen molar-refractivity contribution in [2.45, 2.75) is 19.4 Å². The summed E-state index contributed by atoms with van der Waals surface area (Å²) in [5.41, 5.74) is 2.78. The average Bonchev–Trinajstić information content (AvgIpc) is 2.74. The Morgan fingerprint density at radius 3 is 2.62 bits per heavy atom. The van der Waals surface area contributed by atoms with Gasteiger partial charge in [0.1, 0.15) is 5.92 Å². The number of nitrogens with zero attached hydrogens (tertiary/aromatic N) is 2. The zero-order valence-electron chi connectivity index (χ0n) is 11.7. The average molecular weight is 299 g/mol. The molecule has 21 heavy (non-hydrogen) atoms. The molecule has 2 aromatic carbocycles. The van der Waals surface area contributed by atoms with Gasteiger partial charge in [0.05, 0.1) is 12.3 Å². The Bertz CT molecular complexity index is 697. The van der Waals surface area contributed by atoms with Crippen molar-refractivity contribution in [1.82, 2.24) is 5.01 Å². The number of hydrazone groups is 1. The van der Waals surface area contributed by atoms with Gasteiger partial charge in [-0.3, -0.25) is 4.79 Å². The molecule has 0 radical (unpaired) electrons. The van der Waals surface area contributed by atoms with Gasteiger partial charge in [0.15, 0.2) is 0 Å². The molecule has 0 saturated heterocycles. The van der Waals surface area contributed by atoms with E-state index in [9.17, 15) is 4.79 Å². The molecule has 0 aromatic heterocycles. The maximum atomic E-state index is 12.6. The van der Waals surface area contributed by atoms with E-state index >= 15 is 0 Å². The van der Waals surface area contributed by atoms with E-state index in [0.717, 1.165) is 16.8 Å². The molecule has 1 amide bonds. The highest BCUT2D eigenvalue weighted by molar-refractivity contribution is 6.30. The van der Waals surface area contributed by atoms with Crippen molar-refractivity contribution in [1.29, 1.82) is 0 Å². The van der Waals surface area contributed by atoms with Crippen LogP contribution in [0, 0.1) is 0 Å². The van der Waals surface area contributed by atoms with Crippen LogP contribution in [0.2, 0.25) is 5.02 Å². The highest BCUT2D eigenvalue weighted by Gasteiger charge is 2.34. The molecule has 1 unspecified atom stereocenters. The minimum atomic E-state index is -0.273. The monoisotopic (exact) mass is 298 g/mol. The van der Waals surface area contributed by atoms with Gasteiger partial charge in [0.2, 0.25) is 0 Å². The van der Waals surface area contributed by atoms with Gasteiger partial charge in [-0.05, 0) is 30.2 Å². The van der Waals surface area contributed by atoms with Gasteiger partial charge in [-0.1, -0.05) is 54.1 Å². The zero-order valence-corrected chi connectivity index (χ0v) is 12.4. The Balaban J connectivity index is 1.82. The molecule has 0 fully saturated rings. The SMILES string of the molecule is CC1=NN(Cc2cccc(Cl)c2)C(=O)C1c1ccccc1. The van der Waals surface area contributed by atoms with Crippen molar-refractivity contribution in [3.05, 3.63) is 70.7 Å². The van der Waals surface area contributed by atoms with Crippen LogP contribution in [0.1, 0.15) is 24.0 Å². The Morgan fingerprint density at radius 2 is 1.90 bits per heavy atom. The molecule has 1 aliphatic heterocycles. The topological polar surface area (TPSA) is 32.7 Å². The Kier molecular flexibility index (Phi) is 3.76. The Hall–Kier alpha value is -2.13. The smallest absolute Gasteiger partial charge is 0.256 e. The molecule has 2 aromatic rings. The van der Waals surface area contributed by atoms with Gasteiger partial charge in [-0.25, -0.2) is 5.01 Å². The molecule has 1 atom stereocenters. The summed E-state index contributed by atoms with van der Waals surface area (Å²) in [6.45, 7) is 2.34. The van der Waals surface area contributed by atoms with E-state index in [1.54, 1.807) is 0 Å². The van der Waals surface area contributed by atoms with Gasteiger partial charge in [-0.15, -0.1) is 0 Å². The number of carbonyl (C=O) groups excluding carboxylic acids is 1. The third-order valence-corrected chi connectivity index (χ3v) is 3.79. The van der Waals surface area contributed by atoms with Gasteiger partial charge in [-0.2, -0.15) is 5.10 Å². The first-order chi connectivity index (χ1) is 10.1. The standard InChI is InChI=1S/C17H15ClN2O/c1-12-16(14-7-3-2-4-8-14)17(21)20(19-12)11-13-6-5-9-15(18)10-13/h2-10,16H,11H2,1H3. The first-order valence-corrected chi connectivity index (χ1v) is 7.19. The van der Waals surface area contributed by atoms with Crippen LogP contribution in [0.4, 0.5) is 0 Å². The summed E-state index contributed by atoms with van der Waals surface area (Å²) >= 11 is 5.98. The fourth-order valence-corrected chi connectivity index (χ4v) is 2.79. The number of benzene rings is 2. The second kappa shape index (κ2) is 5.70. The number of hydrogen-bond donors (Lipinski definition) is 0. The van der Waals surface area contributed by atoms with E-state index < -0.39 is 0 Å². The van der Waals surface area contributed by atoms with Gasteiger partial charge in [0.25, 0.3) is 5.91 Å². The lowest BCUT2D eigenvalue weighted by atomic mass is 9.95. The highest BCUT2D eigenvalue weighted by Crippen LogP contribution is 2.27. The fourth-order valence-electron chi connectivity index (χ4n) is 2.58. The molecule has 3 rings (SSSR count). The van der Waals surface area contributed by atoms with E-state index in [0.29, 0.717) is 11.6 Å². The van der Waals surface area contributed by atoms with Gasteiger partial charge >= 0.3 is 0 Å². The number of halogens is 1. The summed E-state index contributed by atoms with van der Waals surface area (Å²) in [6, 6.07) is 17.2. The molecule has 0 N–H and O–H groups in total. The molecule has 4 heteroatoms. The van der Waals surface area contributed by atoms with Crippen LogP contribution in [-0.4, -0.2) is 16.6 Å². The molecule has 0 saturated carbocycles. The Morgan fingerprint density at radius 1 is 1.14 bits per heavy atom. The number of hydrogen-bond acceptors (Lipinski definition) is 2.